The molecule has 0 radical (unpaired) electrons. The summed E-state index contributed by atoms with van der Waals surface area (Å²) in [7, 11) is -3.34. The first-order valence-electron chi connectivity index (χ1n) is 8.83. The molecule has 1 unspecified atom stereocenters. The van der Waals surface area contributed by atoms with Gasteiger partial charge in [0.05, 0.1) is 10.6 Å². The highest BCUT2D eigenvalue weighted by Crippen LogP contribution is 2.24. The molecule has 138 valence electrons. The lowest BCUT2D eigenvalue weighted by Gasteiger charge is -2.18. The molecule has 2 aromatic carbocycles. The minimum Gasteiger partial charge on any atom is -0.373 e. The van der Waals surface area contributed by atoms with Gasteiger partial charge in [0.1, 0.15) is 6.04 Å². The van der Waals surface area contributed by atoms with Crippen molar-refractivity contribution in [3.8, 4) is 0 Å². The van der Waals surface area contributed by atoms with Crippen molar-refractivity contribution in [2.75, 3.05) is 24.7 Å². The highest BCUT2D eigenvalue weighted by atomic mass is 32.2. The topological polar surface area (TPSA) is 66.5 Å². The second-order valence-corrected chi connectivity index (χ2v) is 8.65. The monoisotopic (exact) mass is 372 g/mol. The van der Waals surface area contributed by atoms with Crippen molar-refractivity contribution in [1.82, 2.24) is 4.90 Å². The molecule has 0 spiro atoms. The minimum atomic E-state index is -3.34. The van der Waals surface area contributed by atoms with Crippen molar-refractivity contribution < 1.29 is 13.2 Å². The molecular weight excluding hydrogens is 348 g/mol. The third-order valence-electron chi connectivity index (χ3n) is 4.65. The van der Waals surface area contributed by atoms with Gasteiger partial charge in [0, 0.05) is 19.3 Å². The number of amides is 1. The number of likely N-dealkylation sites (tertiary alicyclic amines) is 1. The number of sulfone groups is 1. The maximum Gasteiger partial charge on any atom is 0.245 e. The first-order chi connectivity index (χ1) is 12.4. The van der Waals surface area contributed by atoms with E-state index in [9.17, 15) is 13.2 Å². The third kappa shape index (κ3) is 4.43. The van der Waals surface area contributed by atoms with Crippen LogP contribution in [-0.4, -0.2) is 44.6 Å². The van der Waals surface area contributed by atoms with Crippen LogP contribution in [0.5, 0.6) is 0 Å². The number of hydrogen-bond donors (Lipinski definition) is 1. The van der Waals surface area contributed by atoms with Crippen LogP contribution in [0.15, 0.2) is 59.5 Å². The zero-order valence-electron chi connectivity index (χ0n) is 14.9. The Bertz CT molecular complexity index is 866. The molecule has 0 aliphatic carbocycles. The van der Waals surface area contributed by atoms with Crippen LogP contribution in [0.25, 0.3) is 0 Å². The predicted octanol–water partition coefficient (Wildman–Crippen LogP) is 2.74. The van der Waals surface area contributed by atoms with Crippen molar-refractivity contribution in [3.05, 3.63) is 60.2 Å². The Hall–Kier alpha value is -2.34. The fourth-order valence-electron chi connectivity index (χ4n) is 3.31. The second kappa shape index (κ2) is 7.91. The van der Waals surface area contributed by atoms with Gasteiger partial charge in [0.2, 0.25) is 5.91 Å². The van der Waals surface area contributed by atoms with Gasteiger partial charge in [-0.1, -0.05) is 42.5 Å². The van der Waals surface area contributed by atoms with Crippen molar-refractivity contribution in [2.45, 2.75) is 30.2 Å². The second-order valence-electron chi connectivity index (χ2n) is 6.67. The molecule has 1 atom stereocenters. The van der Waals surface area contributed by atoms with E-state index in [4.69, 9.17) is 0 Å². The van der Waals surface area contributed by atoms with Crippen LogP contribution in [0.3, 0.4) is 0 Å². The largest absolute Gasteiger partial charge is 0.373 e. The number of aryl methyl sites for hydroxylation is 1. The molecule has 0 aromatic heterocycles. The molecule has 2 aromatic rings. The molecule has 6 heteroatoms. The van der Waals surface area contributed by atoms with Crippen molar-refractivity contribution in [3.63, 3.8) is 0 Å². The molecule has 1 fully saturated rings. The molecule has 1 heterocycles. The Labute approximate surface area is 154 Å². The minimum absolute atomic E-state index is 0.0429. The van der Waals surface area contributed by atoms with Gasteiger partial charge >= 0.3 is 0 Å². The molecular formula is C20H24N2O3S. The number of para-hydroxylation sites is 1. The third-order valence-corrected chi connectivity index (χ3v) is 5.80. The lowest BCUT2D eigenvalue weighted by molar-refractivity contribution is -0.128. The number of carbonyl (C=O) groups excluding carboxylic acids is 1. The quantitative estimate of drug-likeness (QED) is 0.812. The first-order valence-corrected chi connectivity index (χ1v) is 10.7. The van der Waals surface area contributed by atoms with E-state index in [1.807, 2.05) is 23.1 Å². The molecule has 1 amide bonds. The molecule has 3 rings (SSSR count). The summed E-state index contributed by atoms with van der Waals surface area (Å²) in [5, 5.41) is 3.13. The maximum atomic E-state index is 12.6. The molecule has 0 saturated carbocycles. The van der Waals surface area contributed by atoms with Gasteiger partial charge in [0.15, 0.2) is 9.84 Å². The number of carbonyl (C=O) groups is 1. The SMILES string of the molecule is CS(=O)(=O)c1ccccc1NC1CCN(CCCc2ccccc2)C1=O. The van der Waals surface area contributed by atoms with Gasteiger partial charge in [-0.25, -0.2) is 8.42 Å². The molecule has 26 heavy (non-hydrogen) atoms. The van der Waals surface area contributed by atoms with Crippen LogP contribution < -0.4 is 5.32 Å². The van der Waals surface area contributed by atoms with Crippen LogP contribution >= 0.6 is 0 Å². The Balaban J connectivity index is 1.58. The summed E-state index contributed by atoms with van der Waals surface area (Å²) >= 11 is 0. The molecule has 1 saturated heterocycles. The molecule has 0 bridgehead atoms. The number of rotatable bonds is 7. The zero-order valence-corrected chi connectivity index (χ0v) is 15.7. The highest BCUT2D eigenvalue weighted by molar-refractivity contribution is 7.90. The van der Waals surface area contributed by atoms with Gasteiger partial charge in [-0.05, 0) is 37.0 Å². The number of hydrogen-bond acceptors (Lipinski definition) is 4. The van der Waals surface area contributed by atoms with Crippen molar-refractivity contribution >= 4 is 21.4 Å². The Morgan fingerprint density at radius 2 is 1.77 bits per heavy atom. The van der Waals surface area contributed by atoms with Gasteiger partial charge in [0.25, 0.3) is 0 Å². The Morgan fingerprint density at radius 1 is 1.08 bits per heavy atom. The number of benzene rings is 2. The van der Waals surface area contributed by atoms with Gasteiger partial charge < -0.3 is 10.2 Å². The summed E-state index contributed by atoms with van der Waals surface area (Å²) in [6.07, 6.45) is 3.73. The maximum absolute atomic E-state index is 12.6. The van der Waals surface area contributed by atoms with E-state index in [1.165, 1.54) is 11.8 Å². The Morgan fingerprint density at radius 3 is 2.50 bits per heavy atom. The van der Waals surface area contributed by atoms with E-state index >= 15 is 0 Å². The van der Waals surface area contributed by atoms with Crippen LogP contribution in [-0.2, 0) is 21.1 Å². The summed E-state index contributed by atoms with van der Waals surface area (Å²) in [5.74, 6) is 0.0429. The zero-order chi connectivity index (χ0) is 18.6. The van der Waals surface area contributed by atoms with Crippen LogP contribution in [0.1, 0.15) is 18.4 Å². The summed E-state index contributed by atoms with van der Waals surface area (Å²) < 4.78 is 23.8. The van der Waals surface area contributed by atoms with E-state index in [0.29, 0.717) is 18.7 Å². The highest BCUT2D eigenvalue weighted by Gasteiger charge is 2.31. The molecule has 1 N–H and O–H groups in total. The average Bonchev–Trinajstić information content (AvgIpc) is 2.96. The standard InChI is InChI=1S/C20H24N2O3S/c1-26(24,25)19-12-6-5-11-17(19)21-18-13-15-22(20(18)23)14-7-10-16-8-3-2-4-9-16/h2-6,8-9,11-12,18,21H,7,10,13-15H2,1H3. The van der Waals surface area contributed by atoms with E-state index < -0.39 is 9.84 Å². The van der Waals surface area contributed by atoms with E-state index in [-0.39, 0.29) is 16.8 Å². The lowest BCUT2D eigenvalue weighted by atomic mass is 10.1. The van der Waals surface area contributed by atoms with Crippen LogP contribution in [0.4, 0.5) is 5.69 Å². The summed E-state index contributed by atoms with van der Waals surface area (Å²) in [5.41, 5.74) is 1.77. The summed E-state index contributed by atoms with van der Waals surface area (Å²) in [4.78, 5) is 14.7. The number of nitrogens with one attached hydrogen (secondary N) is 1. The fourth-order valence-corrected chi connectivity index (χ4v) is 4.16. The van der Waals surface area contributed by atoms with Gasteiger partial charge in [-0.3, -0.25) is 4.79 Å². The van der Waals surface area contributed by atoms with Gasteiger partial charge in [-0.15, -0.1) is 0 Å². The molecule has 1 aliphatic rings. The van der Waals surface area contributed by atoms with Crippen molar-refractivity contribution in [1.29, 1.82) is 0 Å². The lowest BCUT2D eigenvalue weighted by Crippen LogP contribution is -2.34. The van der Waals surface area contributed by atoms with E-state index in [0.717, 1.165) is 19.4 Å². The average molecular weight is 372 g/mol. The smallest absolute Gasteiger partial charge is 0.245 e. The fraction of sp³-hybridized carbons (Fsp3) is 0.350. The number of anilines is 1. The van der Waals surface area contributed by atoms with E-state index in [1.54, 1.807) is 24.3 Å². The van der Waals surface area contributed by atoms with E-state index in [2.05, 4.69) is 17.4 Å². The number of nitrogens with zero attached hydrogens (tertiary/aromatic N) is 1. The molecule has 1 aliphatic heterocycles. The summed E-state index contributed by atoms with van der Waals surface area (Å²) in [6.45, 7) is 1.42. The Kier molecular flexibility index (Phi) is 5.61. The van der Waals surface area contributed by atoms with Gasteiger partial charge in [-0.2, -0.15) is 0 Å². The van der Waals surface area contributed by atoms with Crippen molar-refractivity contribution in [2.24, 2.45) is 0 Å². The summed E-state index contributed by atoms with van der Waals surface area (Å²) in [6, 6.07) is 16.6. The molecule has 5 nitrogen and oxygen atoms in total. The van der Waals surface area contributed by atoms with Crippen LogP contribution in [0, 0.1) is 0 Å². The van der Waals surface area contributed by atoms with Crippen LogP contribution in [0.2, 0.25) is 0 Å². The predicted molar refractivity (Wildman–Crippen MR) is 103 cm³/mol. The first kappa shape index (κ1) is 18.5. The normalized spacial score (nSPS) is 17.5.